The first-order chi connectivity index (χ1) is 21.1. The van der Waals surface area contributed by atoms with E-state index in [0.29, 0.717) is 60.7 Å². The van der Waals surface area contributed by atoms with Crippen molar-refractivity contribution in [2.75, 3.05) is 45.2 Å². The van der Waals surface area contributed by atoms with Crippen LogP contribution in [0.1, 0.15) is 36.2 Å². The fourth-order valence-electron chi connectivity index (χ4n) is 5.22. The molecule has 4 bridgehead atoms. The molecule has 3 amide bonds. The summed E-state index contributed by atoms with van der Waals surface area (Å²) in [6.07, 6.45) is 1.95. The van der Waals surface area contributed by atoms with Crippen molar-refractivity contribution in [1.82, 2.24) is 24.9 Å². The molecule has 0 aliphatic carbocycles. The number of amides is 3. The quantitative estimate of drug-likeness (QED) is 0.440. The summed E-state index contributed by atoms with van der Waals surface area (Å²) < 4.78 is 20.1. The average Bonchev–Trinajstić information content (AvgIpc) is 3.39. The van der Waals surface area contributed by atoms with Crippen molar-refractivity contribution in [2.45, 2.75) is 39.0 Å². The second-order valence-corrected chi connectivity index (χ2v) is 11.8. The van der Waals surface area contributed by atoms with Crippen LogP contribution < -0.4 is 20.1 Å². The molecule has 12 nitrogen and oxygen atoms in total. The van der Waals surface area contributed by atoms with Crippen molar-refractivity contribution >= 4 is 23.5 Å². The molecule has 2 aliphatic rings. The highest BCUT2D eigenvalue weighted by molar-refractivity contribution is 5.97. The Morgan fingerprint density at radius 1 is 1.14 bits per heavy atom. The van der Waals surface area contributed by atoms with Crippen molar-refractivity contribution in [3.8, 4) is 17.2 Å². The second-order valence-electron chi connectivity index (χ2n) is 11.8. The third kappa shape index (κ3) is 8.35. The van der Waals surface area contributed by atoms with Gasteiger partial charge in [-0.25, -0.2) is 0 Å². The maximum Gasteiger partial charge on any atom is 0.254 e. The summed E-state index contributed by atoms with van der Waals surface area (Å²) >= 11 is 0. The fraction of sp³-hybridized carbons (Fsp3) is 0.438. The number of hydrogen-bond donors (Lipinski definition) is 2. The molecule has 44 heavy (non-hydrogen) atoms. The summed E-state index contributed by atoms with van der Waals surface area (Å²) in [5.41, 5.74) is 1.24. The highest BCUT2D eigenvalue weighted by Gasteiger charge is 2.32. The van der Waals surface area contributed by atoms with E-state index in [1.807, 2.05) is 43.0 Å². The second kappa shape index (κ2) is 13.9. The van der Waals surface area contributed by atoms with E-state index >= 15 is 0 Å². The van der Waals surface area contributed by atoms with Crippen molar-refractivity contribution in [1.29, 1.82) is 0 Å². The lowest BCUT2D eigenvalue weighted by molar-refractivity contribution is -0.126. The zero-order chi connectivity index (χ0) is 31.2. The number of carbonyl (C=O) groups excluding carboxylic acids is 3. The number of aryl methyl sites for hydroxylation is 1. The first kappa shape index (κ1) is 31.0. The first-order valence-electron chi connectivity index (χ1n) is 14.8. The van der Waals surface area contributed by atoms with E-state index in [2.05, 4.69) is 15.7 Å². The number of anilines is 1. The fourth-order valence-corrected chi connectivity index (χ4v) is 5.22. The molecule has 0 spiro atoms. The summed E-state index contributed by atoms with van der Waals surface area (Å²) in [6, 6.07) is 14.1. The van der Waals surface area contributed by atoms with Crippen LogP contribution >= 0.6 is 0 Å². The highest BCUT2D eigenvalue weighted by atomic mass is 16.5. The van der Waals surface area contributed by atoms with E-state index in [1.54, 1.807) is 49.2 Å². The molecule has 234 valence electrons. The normalized spacial score (nSPS) is 19.6. The number of fused-ring (bicyclic) bond motifs is 5. The van der Waals surface area contributed by atoms with Gasteiger partial charge in [0.05, 0.1) is 38.4 Å². The van der Waals surface area contributed by atoms with Gasteiger partial charge < -0.3 is 29.7 Å². The number of rotatable bonds is 6. The maximum absolute atomic E-state index is 13.4. The van der Waals surface area contributed by atoms with Crippen molar-refractivity contribution in [2.24, 2.45) is 13.0 Å². The summed E-state index contributed by atoms with van der Waals surface area (Å²) in [5, 5.41) is 10.1. The lowest BCUT2D eigenvalue weighted by Gasteiger charge is -2.38. The van der Waals surface area contributed by atoms with Crippen LogP contribution in [-0.2, 0) is 28.0 Å². The summed E-state index contributed by atoms with van der Waals surface area (Å²) in [7, 11) is 3.38. The van der Waals surface area contributed by atoms with Gasteiger partial charge in [0.2, 0.25) is 11.8 Å². The topological polar surface area (TPSA) is 127 Å². The van der Waals surface area contributed by atoms with E-state index in [4.69, 9.17) is 14.2 Å². The van der Waals surface area contributed by atoms with Crippen LogP contribution in [0.15, 0.2) is 54.7 Å². The van der Waals surface area contributed by atoms with Gasteiger partial charge in [0.15, 0.2) is 5.82 Å². The monoisotopic (exact) mass is 604 g/mol. The summed E-state index contributed by atoms with van der Waals surface area (Å²) in [5.74, 6) is 1.54. The van der Waals surface area contributed by atoms with Crippen LogP contribution in [-0.4, -0.2) is 89.3 Å². The van der Waals surface area contributed by atoms with Gasteiger partial charge in [0.25, 0.3) is 5.91 Å². The van der Waals surface area contributed by atoms with Crippen LogP contribution in [0.5, 0.6) is 17.2 Å². The van der Waals surface area contributed by atoms with Gasteiger partial charge in [-0.1, -0.05) is 26.0 Å². The zero-order valence-electron chi connectivity index (χ0n) is 25.6. The molecule has 0 radical (unpaired) electrons. The van der Waals surface area contributed by atoms with E-state index in [-0.39, 0.29) is 49.6 Å². The van der Waals surface area contributed by atoms with E-state index in [0.717, 1.165) is 5.56 Å². The Morgan fingerprint density at radius 3 is 2.75 bits per heavy atom. The lowest BCUT2D eigenvalue weighted by Crippen LogP contribution is -2.57. The van der Waals surface area contributed by atoms with Gasteiger partial charge in [-0.15, -0.1) is 0 Å². The standard InChI is InChI=1S/C32H40N6O6/c1-21(2)19-42-25-13-23-14-26(15-25)44-24-7-5-6-22(12-24)20-43-28-16-38(18-31(40)34-29-9-10-37(4)35-29)11-8-27(28)33-30(39)17-36(3)32(23)41/h5-7,9-10,12-15,21,27-28H,8,11,16-20H2,1-4H3,(H,33,39)(H,34,35,40)/t27-,28-/m0/s1. The number of nitrogens with one attached hydrogen (secondary N) is 2. The maximum atomic E-state index is 13.4. The summed E-state index contributed by atoms with van der Waals surface area (Å²) in [4.78, 5) is 42.7. The van der Waals surface area contributed by atoms with Crippen molar-refractivity contribution in [3.05, 3.63) is 65.9 Å². The molecule has 5 rings (SSSR count). The van der Waals surface area contributed by atoms with Crippen LogP contribution in [0.4, 0.5) is 5.82 Å². The van der Waals surface area contributed by atoms with Gasteiger partial charge in [-0.3, -0.25) is 24.0 Å². The number of nitrogens with zero attached hydrogens (tertiary/aromatic N) is 4. The van der Waals surface area contributed by atoms with E-state index < -0.39 is 0 Å². The molecule has 2 atom stereocenters. The Kier molecular flexibility index (Phi) is 9.81. The molecule has 2 aromatic carbocycles. The van der Waals surface area contributed by atoms with Crippen molar-refractivity contribution < 1.29 is 28.6 Å². The van der Waals surface area contributed by atoms with Gasteiger partial charge in [-0.2, -0.15) is 5.10 Å². The predicted molar refractivity (Wildman–Crippen MR) is 164 cm³/mol. The minimum Gasteiger partial charge on any atom is -0.493 e. The number of benzene rings is 2. The molecular weight excluding hydrogens is 564 g/mol. The van der Waals surface area contributed by atoms with Gasteiger partial charge in [-0.05, 0) is 42.2 Å². The van der Waals surface area contributed by atoms with Crippen LogP contribution in [0.2, 0.25) is 0 Å². The van der Waals surface area contributed by atoms with Crippen molar-refractivity contribution in [3.63, 3.8) is 0 Å². The number of hydrogen-bond acceptors (Lipinski definition) is 8. The van der Waals surface area contributed by atoms with E-state index in [1.165, 1.54) is 4.90 Å². The molecule has 3 heterocycles. The zero-order valence-corrected chi connectivity index (χ0v) is 25.6. The first-order valence-corrected chi connectivity index (χ1v) is 14.8. The summed E-state index contributed by atoms with van der Waals surface area (Å²) in [6.45, 7) is 5.92. The molecular formula is C32H40N6O6. The smallest absolute Gasteiger partial charge is 0.254 e. The molecule has 2 N–H and O–H groups in total. The molecule has 1 aromatic heterocycles. The molecule has 2 aliphatic heterocycles. The Hall–Kier alpha value is -4.42. The number of piperidine rings is 1. The highest BCUT2D eigenvalue weighted by Crippen LogP contribution is 2.29. The SMILES string of the molecule is CC(C)COc1cc2cc(c1)C(=O)N(C)CC(=O)N[C@H]1CCN(CC(=O)Nc3ccn(C)n3)C[C@@H]1OCc1cccc(c1)O2. The number of carbonyl (C=O) groups is 3. The van der Waals surface area contributed by atoms with Crippen LogP contribution in [0, 0.1) is 5.92 Å². The van der Waals surface area contributed by atoms with Gasteiger partial charge in [0, 0.05) is 51.1 Å². The van der Waals surface area contributed by atoms with Gasteiger partial charge >= 0.3 is 0 Å². The Morgan fingerprint density at radius 2 is 1.98 bits per heavy atom. The number of likely N-dealkylation sites (tertiary alicyclic amines) is 1. The minimum absolute atomic E-state index is 0.134. The third-order valence-electron chi connectivity index (χ3n) is 7.37. The Balaban J connectivity index is 1.35. The largest absolute Gasteiger partial charge is 0.493 e. The molecule has 0 saturated carbocycles. The molecule has 0 unspecified atom stereocenters. The number of aromatic nitrogens is 2. The number of ether oxygens (including phenoxy) is 3. The van der Waals surface area contributed by atoms with Gasteiger partial charge in [0.1, 0.15) is 17.2 Å². The number of likely N-dealkylation sites (N-methyl/N-ethyl adjacent to an activating group) is 1. The third-order valence-corrected chi connectivity index (χ3v) is 7.37. The van der Waals surface area contributed by atoms with Crippen LogP contribution in [0.25, 0.3) is 0 Å². The molecule has 1 saturated heterocycles. The molecule has 1 fully saturated rings. The van der Waals surface area contributed by atoms with Crippen LogP contribution in [0.3, 0.4) is 0 Å². The molecule has 12 heteroatoms. The predicted octanol–water partition coefficient (Wildman–Crippen LogP) is 3.05. The average molecular weight is 605 g/mol. The Labute approximate surface area is 257 Å². The minimum atomic E-state index is -0.387. The van der Waals surface area contributed by atoms with E-state index in [9.17, 15) is 14.4 Å². The lowest BCUT2D eigenvalue weighted by atomic mass is 10.0. The Bertz CT molecular complexity index is 1490. The molecule has 3 aromatic rings.